The number of carbonyl (C=O) groups excluding carboxylic acids is 1. The van der Waals surface area contributed by atoms with Crippen LogP contribution in [0.3, 0.4) is 0 Å². The highest BCUT2D eigenvalue weighted by molar-refractivity contribution is 7.80. The van der Waals surface area contributed by atoms with E-state index >= 15 is 0 Å². The third-order valence-electron chi connectivity index (χ3n) is 1.79. The lowest BCUT2D eigenvalue weighted by molar-refractivity contribution is -0.173. The molecule has 0 aromatic carbocycles. The minimum atomic E-state index is -1.82. The van der Waals surface area contributed by atoms with E-state index in [2.05, 4.69) is 18.0 Å². The molecule has 0 atom stereocenters. The zero-order chi connectivity index (χ0) is 10.8. The van der Waals surface area contributed by atoms with Gasteiger partial charge in [0.1, 0.15) is 4.99 Å². The fourth-order valence-electron chi connectivity index (χ4n) is 0.747. The molecule has 0 bridgehead atoms. The van der Waals surface area contributed by atoms with Crippen LogP contribution >= 0.6 is 12.2 Å². The van der Waals surface area contributed by atoms with E-state index in [1.807, 2.05) is 0 Å². The van der Waals surface area contributed by atoms with Crippen molar-refractivity contribution in [2.75, 3.05) is 0 Å². The van der Waals surface area contributed by atoms with E-state index in [0.717, 1.165) is 5.06 Å². The molecule has 0 aliphatic heterocycles. The first-order valence-corrected chi connectivity index (χ1v) is 4.44. The van der Waals surface area contributed by atoms with E-state index in [4.69, 9.17) is 12.2 Å². The van der Waals surface area contributed by atoms with Crippen LogP contribution in [0.25, 0.3) is 0 Å². The molecule has 5 heteroatoms. The lowest BCUT2D eigenvalue weighted by atomic mass is 10.4. The van der Waals surface area contributed by atoms with Gasteiger partial charge in [0, 0.05) is 6.20 Å². The van der Waals surface area contributed by atoms with Crippen LogP contribution < -0.4 is 0 Å². The van der Waals surface area contributed by atoms with Crippen molar-refractivity contribution in [3.05, 3.63) is 25.4 Å². The first-order valence-electron chi connectivity index (χ1n) is 4.03. The van der Waals surface area contributed by atoms with Crippen LogP contribution in [0.2, 0.25) is 0 Å². The van der Waals surface area contributed by atoms with Crippen molar-refractivity contribution in [3.63, 3.8) is 0 Å². The van der Waals surface area contributed by atoms with E-state index in [1.54, 1.807) is 0 Å². The summed E-state index contributed by atoms with van der Waals surface area (Å²) in [7, 11) is 0. The fourth-order valence-corrected chi connectivity index (χ4v) is 0.859. The number of hydroxylamine groups is 2. The topological polar surface area (TPSA) is 29.5 Å². The molecule has 1 saturated carbocycles. The standard InChI is InChI=1S/C9H10FNO2S/c1-3-7(14)11(4-2)13-8(12)9(10)5-6-9/h3-4H,1-2,5-6H2. The molecule has 0 aromatic rings. The summed E-state index contributed by atoms with van der Waals surface area (Å²) in [5.41, 5.74) is -1.82. The molecular weight excluding hydrogens is 205 g/mol. The maximum absolute atomic E-state index is 13.2. The number of carbonyl (C=O) groups is 1. The van der Waals surface area contributed by atoms with Gasteiger partial charge in [0.15, 0.2) is 0 Å². The summed E-state index contributed by atoms with van der Waals surface area (Å²) in [5.74, 6) is -0.929. The Hall–Kier alpha value is -1.23. The Bertz CT molecular complexity index is 299. The van der Waals surface area contributed by atoms with Crippen LogP contribution in [0.1, 0.15) is 12.8 Å². The number of alkyl halides is 1. The van der Waals surface area contributed by atoms with Crippen molar-refractivity contribution in [3.8, 4) is 0 Å². The van der Waals surface area contributed by atoms with Crippen LogP contribution in [-0.2, 0) is 9.63 Å². The van der Waals surface area contributed by atoms with E-state index < -0.39 is 11.6 Å². The second kappa shape index (κ2) is 3.88. The zero-order valence-electron chi connectivity index (χ0n) is 7.53. The van der Waals surface area contributed by atoms with Gasteiger partial charge in [0.2, 0.25) is 5.67 Å². The highest BCUT2D eigenvalue weighted by Crippen LogP contribution is 2.41. The predicted molar refractivity (Wildman–Crippen MR) is 54.0 cm³/mol. The monoisotopic (exact) mass is 215 g/mol. The molecule has 76 valence electrons. The van der Waals surface area contributed by atoms with Gasteiger partial charge in [-0.3, -0.25) is 0 Å². The summed E-state index contributed by atoms with van der Waals surface area (Å²) >= 11 is 4.77. The Labute approximate surface area is 86.8 Å². The SMILES string of the molecule is C=CC(=S)N(C=C)OC(=O)C1(F)CC1. The number of hydrogen-bond donors (Lipinski definition) is 0. The van der Waals surface area contributed by atoms with Crippen molar-refractivity contribution in [2.24, 2.45) is 0 Å². The lowest BCUT2D eigenvalue weighted by Gasteiger charge is -2.17. The Balaban J connectivity index is 2.56. The summed E-state index contributed by atoms with van der Waals surface area (Å²) in [6.07, 6.45) is 2.91. The van der Waals surface area contributed by atoms with Crippen molar-refractivity contribution in [1.29, 1.82) is 0 Å². The first kappa shape index (κ1) is 10.8. The van der Waals surface area contributed by atoms with E-state index in [9.17, 15) is 9.18 Å². The molecule has 0 spiro atoms. The average molecular weight is 215 g/mol. The van der Waals surface area contributed by atoms with Crippen molar-refractivity contribution >= 4 is 23.2 Å². The van der Waals surface area contributed by atoms with E-state index in [-0.39, 0.29) is 17.8 Å². The Morgan fingerprint density at radius 2 is 2.14 bits per heavy atom. The summed E-state index contributed by atoms with van der Waals surface area (Å²) < 4.78 is 13.2. The molecule has 0 radical (unpaired) electrons. The predicted octanol–water partition coefficient (Wildman–Crippen LogP) is 1.91. The minimum Gasteiger partial charge on any atom is -0.332 e. The molecule has 0 N–H and O–H groups in total. The van der Waals surface area contributed by atoms with Crippen LogP contribution in [0, 0.1) is 0 Å². The Morgan fingerprint density at radius 3 is 2.50 bits per heavy atom. The van der Waals surface area contributed by atoms with Gasteiger partial charge in [-0.25, -0.2) is 9.18 Å². The summed E-state index contributed by atoms with van der Waals surface area (Å²) in [6, 6.07) is 0. The van der Waals surface area contributed by atoms with Gasteiger partial charge in [-0.2, -0.15) is 5.06 Å². The number of hydrogen-bond acceptors (Lipinski definition) is 3. The van der Waals surface area contributed by atoms with E-state index in [1.165, 1.54) is 12.3 Å². The Morgan fingerprint density at radius 1 is 1.57 bits per heavy atom. The fraction of sp³-hybridized carbons (Fsp3) is 0.333. The molecule has 1 fully saturated rings. The van der Waals surface area contributed by atoms with Gasteiger partial charge < -0.3 is 4.84 Å². The average Bonchev–Trinajstić information content (AvgIpc) is 2.92. The molecule has 0 heterocycles. The lowest BCUT2D eigenvalue weighted by Crippen LogP contribution is -2.31. The minimum absolute atomic E-state index is 0.164. The normalized spacial score (nSPS) is 16.6. The van der Waals surface area contributed by atoms with Crippen LogP contribution in [0.4, 0.5) is 4.39 Å². The molecule has 1 aliphatic rings. The van der Waals surface area contributed by atoms with Gasteiger partial charge in [-0.05, 0) is 18.9 Å². The summed E-state index contributed by atoms with van der Waals surface area (Å²) in [4.78, 5) is 16.0. The molecule has 0 unspecified atom stereocenters. The number of nitrogens with zero attached hydrogens (tertiary/aromatic N) is 1. The quantitative estimate of drug-likeness (QED) is 0.408. The van der Waals surface area contributed by atoms with Crippen LogP contribution in [0.5, 0.6) is 0 Å². The van der Waals surface area contributed by atoms with Gasteiger partial charge in [0.25, 0.3) is 0 Å². The van der Waals surface area contributed by atoms with Gasteiger partial charge in [-0.15, -0.1) is 0 Å². The first-order chi connectivity index (χ1) is 6.53. The van der Waals surface area contributed by atoms with Crippen molar-refractivity contribution < 1.29 is 14.0 Å². The van der Waals surface area contributed by atoms with Gasteiger partial charge in [-0.1, -0.05) is 25.4 Å². The zero-order valence-corrected chi connectivity index (χ0v) is 8.35. The molecule has 0 aromatic heterocycles. The second-order valence-electron chi connectivity index (χ2n) is 2.89. The molecule has 3 nitrogen and oxygen atoms in total. The summed E-state index contributed by atoms with van der Waals surface area (Å²) in [6.45, 7) is 6.78. The largest absolute Gasteiger partial charge is 0.369 e. The maximum Gasteiger partial charge on any atom is 0.369 e. The molecule has 14 heavy (non-hydrogen) atoms. The van der Waals surface area contributed by atoms with Crippen molar-refractivity contribution in [2.45, 2.75) is 18.5 Å². The smallest absolute Gasteiger partial charge is 0.332 e. The van der Waals surface area contributed by atoms with Gasteiger partial charge >= 0.3 is 5.97 Å². The number of halogens is 1. The molecular formula is C9H10FNO2S. The number of rotatable bonds is 3. The maximum atomic E-state index is 13.2. The van der Waals surface area contributed by atoms with E-state index in [0.29, 0.717) is 0 Å². The summed E-state index contributed by atoms with van der Waals surface area (Å²) in [5, 5.41) is 0.921. The Kier molecular flexibility index (Phi) is 3.00. The third-order valence-corrected chi connectivity index (χ3v) is 2.14. The van der Waals surface area contributed by atoms with Crippen LogP contribution in [-0.4, -0.2) is 21.7 Å². The highest BCUT2D eigenvalue weighted by Gasteiger charge is 2.53. The molecule has 0 amide bonds. The van der Waals surface area contributed by atoms with Gasteiger partial charge in [0.05, 0.1) is 0 Å². The molecule has 0 saturated heterocycles. The van der Waals surface area contributed by atoms with Crippen LogP contribution in [0.15, 0.2) is 25.4 Å². The molecule has 1 rings (SSSR count). The van der Waals surface area contributed by atoms with Crippen molar-refractivity contribution in [1.82, 2.24) is 5.06 Å². The third kappa shape index (κ3) is 2.17. The molecule has 1 aliphatic carbocycles. The second-order valence-corrected chi connectivity index (χ2v) is 3.31. The highest BCUT2D eigenvalue weighted by atomic mass is 32.1. The number of thiocarbonyl (C=S) groups is 1.